The summed E-state index contributed by atoms with van der Waals surface area (Å²) in [6.45, 7) is 2.05. The molecule has 0 bridgehead atoms. The predicted octanol–water partition coefficient (Wildman–Crippen LogP) is 3.22. The van der Waals surface area contributed by atoms with Gasteiger partial charge in [0.1, 0.15) is 0 Å². The SMILES string of the molecule is CCOC(=O)c1ccccc1C(=O)CCCBr. The number of alkyl halides is 1. The van der Waals surface area contributed by atoms with Crippen LogP contribution in [0.2, 0.25) is 0 Å². The monoisotopic (exact) mass is 298 g/mol. The maximum absolute atomic E-state index is 11.9. The lowest BCUT2D eigenvalue weighted by Gasteiger charge is -2.07. The van der Waals surface area contributed by atoms with Gasteiger partial charge >= 0.3 is 5.97 Å². The molecule has 17 heavy (non-hydrogen) atoms. The van der Waals surface area contributed by atoms with E-state index in [4.69, 9.17) is 4.74 Å². The zero-order chi connectivity index (χ0) is 12.7. The minimum Gasteiger partial charge on any atom is -0.462 e. The van der Waals surface area contributed by atoms with E-state index in [0.29, 0.717) is 24.2 Å². The van der Waals surface area contributed by atoms with Crippen molar-refractivity contribution in [2.75, 3.05) is 11.9 Å². The van der Waals surface area contributed by atoms with Crippen molar-refractivity contribution in [1.29, 1.82) is 0 Å². The van der Waals surface area contributed by atoms with Crippen LogP contribution in [0.3, 0.4) is 0 Å². The summed E-state index contributed by atoms with van der Waals surface area (Å²) in [5.74, 6) is -0.455. The van der Waals surface area contributed by atoms with E-state index in [2.05, 4.69) is 15.9 Å². The predicted molar refractivity (Wildman–Crippen MR) is 69.8 cm³/mol. The first-order chi connectivity index (χ1) is 8.20. The average Bonchev–Trinajstić information content (AvgIpc) is 2.36. The maximum Gasteiger partial charge on any atom is 0.338 e. The number of ether oxygens (including phenoxy) is 1. The number of hydrogen-bond donors (Lipinski definition) is 0. The Bertz CT molecular complexity index is 401. The van der Waals surface area contributed by atoms with E-state index in [1.54, 1.807) is 31.2 Å². The number of benzene rings is 1. The largest absolute Gasteiger partial charge is 0.462 e. The van der Waals surface area contributed by atoms with Crippen LogP contribution in [-0.4, -0.2) is 23.7 Å². The number of carbonyl (C=O) groups excluding carboxylic acids is 2. The highest BCUT2D eigenvalue weighted by molar-refractivity contribution is 9.09. The van der Waals surface area contributed by atoms with E-state index in [1.165, 1.54) is 0 Å². The molecule has 1 aromatic carbocycles. The smallest absolute Gasteiger partial charge is 0.338 e. The van der Waals surface area contributed by atoms with Crippen molar-refractivity contribution < 1.29 is 14.3 Å². The fraction of sp³-hybridized carbons (Fsp3) is 0.385. The molecule has 0 fully saturated rings. The van der Waals surface area contributed by atoms with Crippen molar-refractivity contribution in [2.24, 2.45) is 0 Å². The first kappa shape index (κ1) is 13.9. The standard InChI is InChI=1S/C13H15BrO3/c1-2-17-13(16)11-7-4-3-6-10(11)12(15)8-5-9-14/h3-4,6-7H,2,5,8-9H2,1H3. The van der Waals surface area contributed by atoms with Gasteiger partial charge in [-0.2, -0.15) is 0 Å². The quantitative estimate of drug-likeness (QED) is 0.460. The fourth-order valence-corrected chi connectivity index (χ4v) is 1.76. The van der Waals surface area contributed by atoms with E-state index in [1.807, 2.05) is 0 Å². The van der Waals surface area contributed by atoms with Gasteiger partial charge < -0.3 is 4.74 Å². The molecular formula is C13H15BrO3. The number of halogens is 1. The Kier molecular flexibility index (Phi) is 5.91. The van der Waals surface area contributed by atoms with Crippen LogP contribution in [0.4, 0.5) is 0 Å². The first-order valence-electron chi connectivity index (χ1n) is 5.56. The van der Waals surface area contributed by atoms with E-state index in [-0.39, 0.29) is 5.78 Å². The summed E-state index contributed by atoms with van der Waals surface area (Å²) in [7, 11) is 0. The second-order valence-corrected chi connectivity index (χ2v) is 4.27. The Hall–Kier alpha value is -1.16. The topological polar surface area (TPSA) is 43.4 Å². The molecule has 4 heteroatoms. The zero-order valence-corrected chi connectivity index (χ0v) is 11.3. The summed E-state index contributed by atoms with van der Waals surface area (Å²) in [5, 5.41) is 0.778. The van der Waals surface area contributed by atoms with Crippen LogP contribution >= 0.6 is 15.9 Å². The summed E-state index contributed by atoms with van der Waals surface area (Å²) >= 11 is 3.28. The molecule has 92 valence electrons. The molecule has 0 aliphatic rings. The molecule has 0 saturated heterocycles. The summed E-state index contributed by atoms with van der Waals surface area (Å²) in [6, 6.07) is 6.78. The molecule has 0 aliphatic heterocycles. The van der Waals surface area contributed by atoms with Crippen LogP contribution in [0, 0.1) is 0 Å². The first-order valence-corrected chi connectivity index (χ1v) is 6.68. The maximum atomic E-state index is 11.9. The van der Waals surface area contributed by atoms with Gasteiger partial charge in [-0.15, -0.1) is 0 Å². The third-order valence-corrected chi connectivity index (χ3v) is 2.82. The van der Waals surface area contributed by atoms with E-state index < -0.39 is 5.97 Å². The van der Waals surface area contributed by atoms with Crippen molar-refractivity contribution in [3.8, 4) is 0 Å². The molecule has 0 aromatic heterocycles. The number of esters is 1. The van der Waals surface area contributed by atoms with Gasteiger partial charge in [-0.1, -0.05) is 34.1 Å². The minimum atomic E-state index is -0.435. The second-order valence-electron chi connectivity index (χ2n) is 3.48. The van der Waals surface area contributed by atoms with Crippen LogP contribution in [0.1, 0.15) is 40.5 Å². The zero-order valence-electron chi connectivity index (χ0n) is 9.74. The number of rotatable bonds is 6. The lowest BCUT2D eigenvalue weighted by Crippen LogP contribution is -2.11. The lowest BCUT2D eigenvalue weighted by atomic mass is 10.0. The summed E-state index contributed by atoms with van der Waals surface area (Å²) in [5.41, 5.74) is 0.806. The van der Waals surface area contributed by atoms with Crippen LogP contribution in [0.25, 0.3) is 0 Å². The molecule has 0 amide bonds. The molecule has 0 heterocycles. The average molecular weight is 299 g/mol. The van der Waals surface area contributed by atoms with E-state index in [9.17, 15) is 9.59 Å². The van der Waals surface area contributed by atoms with Crippen molar-refractivity contribution in [2.45, 2.75) is 19.8 Å². The third-order valence-electron chi connectivity index (χ3n) is 2.26. The number of hydrogen-bond acceptors (Lipinski definition) is 3. The van der Waals surface area contributed by atoms with Gasteiger partial charge in [0.2, 0.25) is 0 Å². The molecule has 0 saturated carbocycles. The van der Waals surface area contributed by atoms with Gasteiger partial charge in [-0.25, -0.2) is 4.79 Å². The third kappa shape index (κ3) is 3.97. The molecule has 1 aromatic rings. The minimum absolute atomic E-state index is 0.0203. The Morgan fingerprint density at radius 1 is 1.24 bits per heavy atom. The molecule has 1 rings (SSSR count). The highest BCUT2D eigenvalue weighted by atomic mass is 79.9. The van der Waals surface area contributed by atoms with Crippen molar-refractivity contribution in [3.63, 3.8) is 0 Å². The number of Topliss-reactive ketones (excluding diaryl/α,β-unsaturated/α-hetero) is 1. The van der Waals surface area contributed by atoms with Gasteiger partial charge in [-0.05, 0) is 19.4 Å². The van der Waals surface area contributed by atoms with Crippen molar-refractivity contribution >= 4 is 27.7 Å². The van der Waals surface area contributed by atoms with E-state index in [0.717, 1.165) is 11.8 Å². The van der Waals surface area contributed by atoms with E-state index >= 15 is 0 Å². The van der Waals surface area contributed by atoms with Crippen molar-refractivity contribution in [3.05, 3.63) is 35.4 Å². The molecule has 0 aliphatic carbocycles. The van der Waals surface area contributed by atoms with Crippen LogP contribution < -0.4 is 0 Å². The van der Waals surface area contributed by atoms with Gasteiger partial charge in [-0.3, -0.25) is 4.79 Å². The van der Waals surface area contributed by atoms with Gasteiger partial charge in [0.05, 0.1) is 12.2 Å². The normalized spacial score (nSPS) is 10.0. The Morgan fingerprint density at radius 3 is 2.47 bits per heavy atom. The van der Waals surface area contributed by atoms with Crippen LogP contribution in [0.5, 0.6) is 0 Å². The molecule has 0 N–H and O–H groups in total. The number of ketones is 1. The summed E-state index contributed by atoms with van der Waals surface area (Å²) in [4.78, 5) is 23.6. The molecule has 3 nitrogen and oxygen atoms in total. The Balaban J connectivity index is 2.91. The Labute approximate surface area is 109 Å². The Morgan fingerprint density at radius 2 is 1.88 bits per heavy atom. The lowest BCUT2D eigenvalue weighted by molar-refractivity contribution is 0.0523. The van der Waals surface area contributed by atoms with Crippen LogP contribution in [0.15, 0.2) is 24.3 Å². The second kappa shape index (κ2) is 7.22. The highest BCUT2D eigenvalue weighted by Gasteiger charge is 2.16. The molecule has 0 radical (unpaired) electrons. The molecule has 0 spiro atoms. The molecular weight excluding hydrogens is 284 g/mol. The summed E-state index contributed by atoms with van der Waals surface area (Å²) < 4.78 is 4.92. The van der Waals surface area contributed by atoms with Gasteiger partial charge in [0.25, 0.3) is 0 Å². The van der Waals surface area contributed by atoms with Gasteiger partial charge in [0.15, 0.2) is 5.78 Å². The van der Waals surface area contributed by atoms with Gasteiger partial charge in [0, 0.05) is 17.3 Å². The highest BCUT2D eigenvalue weighted by Crippen LogP contribution is 2.14. The molecule has 0 atom stereocenters. The van der Waals surface area contributed by atoms with Crippen LogP contribution in [-0.2, 0) is 4.74 Å². The fourth-order valence-electron chi connectivity index (χ4n) is 1.48. The molecule has 0 unspecified atom stereocenters. The number of carbonyl (C=O) groups is 2. The summed E-state index contributed by atoms with van der Waals surface area (Å²) in [6.07, 6.45) is 1.19. The van der Waals surface area contributed by atoms with Crippen molar-refractivity contribution in [1.82, 2.24) is 0 Å².